The Balaban J connectivity index is 1.38. The van der Waals surface area contributed by atoms with Gasteiger partial charge in [0.1, 0.15) is 17.0 Å². The van der Waals surface area contributed by atoms with Crippen LogP contribution in [-0.4, -0.2) is 39.9 Å². The summed E-state index contributed by atoms with van der Waals surface area (Å²) in [5.41, 5.74) is -0.247. The smallest absolute Gasteiger partial charge is 0.325 e. The van der Waals surface area contributed by atoms with Gasteiger partial charge in [0.05, 0.1) is 11.8 Å². The molecular formula is C34H28N2O5. The van der Waals surface area contributed by atoms with E-state index in [9.17, 15) is 19.5 Å². The summed E-state index contributed by atoms with van der Waals surface area (Å²) in [6.45, 7) is 0.0589. The minimum atomic E-state index is -1.70. The minimum Gasteiger partial charge on any atom is -0.480 e. The van der Waals surface area contributed by atoms with Gasteiger partial charge in [-0.15, -0.1) is 12.3 Å². The van der Waals surface area contributed by atoms with Gasteiger partial charge in [0, 0.05) is 25.4 Å². The fraction of sp³-hybridized carbons (Fsp3) is 0.206. The summed E-state index contributed by atoms with van der Waals surface area (Å²) >= 11 is 0. The number of terminal acetylenes is 1. The minimum absolute atomic E-state index is 0.0298. The van der Waals surface area contributed by atoms with E-state index in [0.29, 0.717) is 17.1 Å². The zero-order valence-electron chi connectivity index (χ0n) is 22.2. The lowest BCUT2D eigenvalue weighted by Gasteiger charge is -2.31. The number of carbonyl (C=O) groups excluding carboxylic acids is 2. The van der Waals surface area contributed by atoms with Gasteiger partial charge in [-0.25, -0.2) is 0 Å². The fourth-order valence-electron chi connectivity index (χ4n) is 6.22. The summed E-state index contributed by atoms with van der Waals surface area (Å²) in [6, 6.07) is 29.4. The van der Waals surface area contributed by atoms with Crippen molar-refractivity contribution in [1.29, 1.82) is 0 Å². The van der Waals surface area contributed by atoms with Crippen molar-refractivity contribution in [3.63, 3.8) is 0 Å². The second-order valence-electron chi connectivity index (χ2n) is 10.5. The van der Waals surface area contributed by atoms with Crippen LogP contribution in [0.15, 0.2) is 97.1 Å². The number of rotatable bonds is 8. The van der Waals surface area contributed by atoms with Crippen molar-refractivity contribution in [2.75, 3.05) is 6.54 Å². The Kier molecular flexibility index (Phi) is 6.78. The molecule has 0 bridgehead atoms. The van der Waals surface area contributed by atoms with E-state index in [1.54, 1.807) is 12.1 Å². The normalized spacial score (nSPS) is 23.4. The van der Waals surface area contributed by atoms with E-state index in [4.69, 9.17) is 11.2 Å². The second-order valence-corrected chi connectivity index (χ2v) is 10.5. The standard InChI is InChI=1S/C34H28N2O5/c1-2-3-19-36-31(37)28-29(32(36)38)34(33(39)40,21-22-13-14-23-9-7-8-10-25(23)20-22)35-30(28)24-15-17-27(18-16-24)41-26-11-5-4-6-12-26/h1,4-18,20,28-30,35H,3,19,21H2,(H,39,40). The van der Waals surface area contributed by atoms with Gasteiger partial charge in [-0.05, 0) is 46.2 Å². The summed E-state index contributed by atoms with van der Waals surface area (Å²) in [6.07, 6.45) is 5.66. The maximum atomic E-state index is 13.8. The van der Waals surface area contributed by atoms with Gasteiger partial charge in [0.2, 0.25) is 11.8 Å². The molecule has 41 heavy (non-hydrogen) atoms. The lowest BCUT2D eigenvalue weighted by Crippen LogP contribution is -2.57. The number of hydrogen-bond donors (Lipinski definition) is 2. The van der Waals surface area contributed by atoms with Crippen molar-refractivity contribution < 1.29 is 24.2 Å². The molecule has 4 atom stereocenters. The fourth-order valence-corrected chi connectivity index (χ4v) is 6.22. The summed E-state index contributed by atoms with van der Waals surface area (Å²) in [5, 5.41) is 16.0. The molecule has 2 amide bonds. The molecule has 204 valence electrons. The highest BCUT2D eigenvalue weighted by atomic mass is 16.5. The summed E-state index contributed by atoms with van der Waals surface area (Å²) < 4.78 is 5.91. The van der Waals surface area contributed by atoms with E-state index in [1.165, 1.54) is 0 Å². The third-order valence-corrected chi connectivity index (χ3v) is 8.12. The molecule has 7 heteroatoms. The molecule has 0 aliphatic carbocycles. The second kappa shape index (κ2) is 10.6. The third-order valence-electron chi connectivity index (χ3n) is 8.12. The van der Waals surface area contributed by atoms with Gasteiger partial charge in [-0.2, -0.15) is 0 Å². The molecule has 4 aromatic rings. The van der Waals surface area contributed by atoms with Crippen molar-refractivity contribution in [3.05, 3.63) is 108 Å². The van der Waals surface area contributed by atoms with Crippen LogP contribution in [0.25, 0.3) is 10.8 Å². The Morgan fingerprint density at radius 2 is 1.59 bits per heavy atom. The van der Waals surface area contributed by atoms with Crippen LogP contribution in [0.2, 0.25) is 0 Å². The van der Waals surface area contributed by atoms with E-state index in [1.807, 2.05) is 84.9 Å². The molecule has 2 aliphatic heterocycles. The van der Waals surface area contributed by atoms with Crippen LogP contribution in [-0.2, 0) is 20.8 Å². The van der Waals surface area contributed by atoms with Crippen LogP contribution >= 0.6 is 0 Å². The van der Waals surface area contributed by atoms with Gasteiger partial charge >= 0.3 is 5.97 Å². The first-order valence-electron chi connectivity index (χ1n) is 13.5. The van der Waals surface area contributed by atoms with Crippen molar-refractivity contribution in [1.82, 2.24) is 10.2 Å². The summed E-state index contributed by atoms with van der Waals surface area (Å²) in [5.74, 6) is -0.310. The predicted molar refractivity (Wildman–Crippen MR) is 154 cm³/mol. The van der Waals surface area contributed by atoms with E-state index >= 15 is 0 Å². The molecule has 4 unspecified atom stereocenters. The third kappa shape index (κ3) is 4.62. The molecule has 2 N–H and O–H groups in total. The van der Waals surface area contributed by atoms with Crippen LogP contribution in [0.1, 0.15) is 23.6 Å². The molecule has 0 spiro atoms. The average molecular weight is 545 g/mol. The van der Waals surface area contributed by atoms with Crippen molar-refractivity contribution in [3.8, 4) is 23.8 Å². The first kappa shape index (κ1) is 26.3. The Labute approximate surface area is 237 Å². The Hall–Kier alpha value is -4.93. The highest BCUT2D eigenvalue weighted by Crippen LogP contribution is 2.50. The number of benzene rings is 4. The Bertz CT molecular complexity index is 1680. The molecular weight excluding hydrogens is 516 g/mol. The first-order valence-corrected chi connectivity index (χ1v) is 13.5. The van der Waals surface area contributed by atoms with E-state index in [2.05, 4.69) is 11.2 Å². The van der Waals surface area contributed by atoms with E-state index in [0.717, 1.165) is 21.2 Å². The van der Waals surface area contributed by atoms with Gasteiger partial charge in [0.25, 0.3) is 0 Å². The van der Waals surface area contributed by atoms with Crippen molar-refractivity contribution in [2.45, 2.75) is 24.4 Å². The number of hydrogen-bond acceptors (Lipinski definition) is 5. The summed E-state index contributed by atoms with van der Waals surface area (Å²) in [7, 11) is 0. The van der Waals surface area contributed by atoms with Crippen LogP contribution in [0.4, 0.5) is 0 Å². The SMILES string of the molecule is C#CCCN1C(=O)C2C(c3ccc(Oc4ccccc4)cc3)NC(Cc3ccc4ccccc4c3)(C(=O)O)C2C1=O. The zero-order chi connectivity index (χ0) is 28.6. The molecule has 2 aliphatic rings. The molecule has 0 saturated carbocycles. The maximum Gasteiger partial charge on any atom is 0.325 e. The Morgan fingerprint density at radius 3 is 2.29 bits per heavy atom. The number of carboxylic acid groups (broad SMARTS) is 1. The number of fused-ring (bicyclic) bond motifs is 2. The molecule has 4 aromatic carbocycles. The largest absolute Gasteiger partial charge is 0.480 e. The maximum absolute atomic E-state index is 13.8. The molecule has 2 fully saturated rings. The molecule has 2 heterocycles. The highest BCUT2D eigenvalue weighted by molar-refractivity contribution is 6.09. The molecule has 7 nitrogen and oxygen atoms in total. The number of carbonyl (C=O) groups is 3. The van der Waals surface area contributed by atoms with Crippen LogP contribution in [0.3, 0.4) is 0 Å². The number of imide groups is 1. The number of amides is 2. The molecule has 2 saturated heterocycles. The lowest BCUT2D eigenvalue weighted by atomic mass is 9.76. The topological polar surface area (TPSA) is 95.9 Å². The van der Waals surface area contributed by atoms with Crippen LogP contribution in [0.5, 0.6) is 11.5 Å². The van der Waals surface area contributed by atoms with Gasteiger partial charge in [0.15, 0.2) is 0 Å². The number of nitrogens with one attached hydrogen (secondary N) is 1. The lowest BCUT2D eigenvalue weighted by molar-refractivity contribution is -0.151. The number of nitrogens with zero attached hydrogens (tertiary/aromatic N) is 1. The number of aliphatic carboxylic acids is 1. The van der Waals surface area contributed by atoms with Crippen molar-refractivity contribution >= 4 is 28.6 Å². The van der Waals surface area contributed by atoms with Gasteiger partial charge in [-0.1, -0.05) is 72.8 Å². The van der Waals surface area contributed by atoms with Gasteiger partial charge in [-0.3, -0.25) is 24.6 Å². The molecule has 0 aromatic heterocycles. The zero-order valence-corrected chi connectivity index (χ0v) is 22.2. The number of likely N-dealkylation sites (tertiary alicyclic amines) is 1. The summed E-state index contributed by atoms with van der Waals surface area (Å²) in [4.78, 5) is 41.8. The Morgan fingerprint density at radius 1 is 0.902 bits per heavy atom. The van der Waals surface area contributed by atoms with Crippen LogP contribution in [0, 0.1) is 24.2 Å². The quantitative estimate of drug-likeness (QED) is 0.240. The monoisotopic (exact) mass is 544 g/mol. The average Bonchev–Trinajstić information content (AvgIpc) is 3.46. The highest BCUT2D eigenvalue weighted by Gasteiger charge is 2.68. The molecule has 0 radical (unpaired) electrons. The predicted octanol–water partition coefficient (Wildman–Crippen LogP) is 4.97. The van der Waals surface area contributed by atoms with Crippen LogP contribution < -0.4 is 10.1 Å². The van der Waals surface area contributed by atoms with E-state index < -0.39 is 41.2 Å². The van der Waals surface area contributed by atoms with Crippen molar-refractivity contribution in [2.24, 2.45) is 11.8 Å². The van der Waals surface area contributed by atoms with Gasteiger partial charge < -0.3 is 9.84 Å². The van der Waals surface area contributed by atoms with E-state index in [-0.39, 0.29) is 19.4 Å². The number of para-hydroxylation sites is 1. The molecule has 6 rings (SSSR count). The first-order chi connectivity index (χ1) is 19.9. The number of carboxylic acids is 1. The number of ether oxygens (including phenoxy) is 1.